The van der Waals surface area contributed by atoms with Crippen molar-refractivity contribution < 1.29 is 18.8 Å². The highest BCUT2D eigenvalue weighted by Gasteiger charge is 2.43. The molecule has 1 aromatic carbocycles. The number of likely N-dealkylation sites (N-methyl/N-ethyl adjacent to an activating group) is 2. The first-order chi connectivity index (χ1) is 14.3. The van der Waals surface area contributed by atoms with Gasteiger partial charge in [0.15, 0.2) is 0 Å². The lowest BCUT2D eigenvalue weighted by Gasteiger charge is -2.32. The van der Waals surface area contributed by atoms with Crippen molar-refractivity contribution in [3.63, 3.8) is 0 Å². The monoisotopic (exact) mass is 417 g/mol. The minimum atomic E-state index is -0.637. The largest absolute Gasteiger partial charge is 0.355 e. The van der Waals surface area contributed by atoms with Crippen molar-refractivity contribution in [3.8, 4) is 0 Å². The molecule has 9 heteroatoms. The molecule has 0 aliphatic carbocycles. The van der Waals surface area contributed by atoms with Gasteiger partial charge in [-0.3, -0.25) is 14.5 Å². The number of rotatable bonds is 8. The summed E-state index contributed by atoms with van der Waals surface area (Å²) in [6.07, 6.45) is 0.189. The SMILES string of the molecule is CCN1C(=O)NC(c2ccc(F)cc2)C2=C1CN(CCC(=O)NCCN(C)C)C2=O. The van der Waals surface area contributed by atoms with Crippen molar-refractivity contribution in [2.45, 2.75) is 19.4 Å². The van der Waals surface area contributed by atoms with Gasteiger partial charge in [-0.25, -0.2) is 9.18 Å². The van der Waals surface area contributed by atoms with Gasteiger partial charge in [-0.05, 0) is 38.7 Å². The molecule has 3 rings (SSSR count). The van der Waals surface area contributed by atoms with Crippen molar-refractivity contribution in [1.82, 2.24) is 25.3 Å². The maximum atomic E-state index is 13.3. The number of nitrogens with one attached hydrogen (secondary N) is 2. The van der Waals surface area contributed by atoms with Crippen LogP contribution in [0.1, 0.15) is 24.9 Å². The molecule has 0 radical (unpaired) electrons. The minimum Gasteiger partial charge on any atom is -0.355 e. The number of urea groups is 1. The Morgan fingerprint density at radius 2 is 1.97 bits per heavy atom. The van der Waals surface area contributed by atoms with Gasteiger partial charge in [-0.2, -0.15) is 0 Å². The molecule has 0 spiro atoms. The fourth-order valence-electron chi connectivity index (χ4n) is 3.71. The van der Waals surface area contributed by atoms with E-state index in [1.54, 1.807) is 21.9 Å². The number of carbonyl (C=O) groups is 3. The Kier molecular flexibility index (Phi) is 6.71. The lowest BCUT2D eigenvalue weighted by molar-refractivity contribution is -0.127. The van der Waals surface area contributed by atoms with E-state index in [1.807, 2.05) is 25.9 Å². The molecule has 2 N–H and O–H groups in total. The number of nitrogens with zero attached hydrogens (tertiary/aromatic N) is 3. The smallest absolute Gasteiger partial charge is 0.322 e. The van der Waals surface area contributed by atoms with Crippen LogP contribution in [0.2, 0.25) is 0 Å². The van der Waals surface area contributed by atoms with Gasteiger partial charge < -0.3 is 20.4 Å². The first-order valence-electron chi connectivity index (χ1n) is 10.1. The number of hydrogen-bond acceptors (Lipinski definition) is 4. The Bertz CT molecular complexity index is 853. The predicted molar refractivity (Wildman–Crippen MR) is 110 cm³/mol. The highest BCUT2D eigenvalue weighted by atomic mass is 19.1. The highest BCUT2D eigenvalue weighted by Crippen LogP contribution is 2.36. The molecule has 0 aromatic heterocycles. The Balaban J connectivity index is 1.73. The molecule has 0 saturated heterocycles. The average Bonchev–Trinajstić information content (AvgIpc) is 3.02. The van der Waals surface area contributed by atoms with Crippen LogP contribution in [0.3, 0.4) is 0 Å². The van der Waals surface area contributed by atoms with Crippen LogP contribution in [0.5, 0.6) is 0 Å². The zero-order valence-electron chi connectivity index (χ0n) is 17.6. The van der Waals surface area contributed by atoms with E-state index in [-0.39, 0.29) is 43.2 Å². The number of carbonyl (C=O) groups excluding carboxylic acids is 3. The van der Waals surface area contributed by atoms with Crippen LogP contribution < -0.4 is 10.6 Å². The summed E-state index contributed by atoms with van der Waals surface area (Å²) in [7, 11) is 3.86. The zero-order valence-corrected chi connectivity index (χ0v) is 17.6. The predicted octanol–water partition coefficient (Wildman–Crippen LogP) is 1.08. The summed E-state index contributed by atoms with van der Waals surface area (Å²) in [6.45, 7) is 4.09. The Labute approximate surface area is 175 Å². The molecule has 4 amide bonds. The molecule has 2 aliphatic rings. The van der Waals surface area contributed by atoms with Gasteiger partial charge in [0.2, 0.25) is 5.91 Å². The molecule has 1 unspecified atom stereocenters. The lowest BCUT2D eigenvalue weighted by Crippen LogP contribution is -2.47. The number of halogens is 1. The van der Waals surface area contributed by atoms with Crippen molar-refractivity contribution in [2.75, 3.05) is 46.8 Å². The van der Waals surface area contributed by atoms with Crippen LogP contribution in [-0.2, 0) is 9.59 Å². The molecule has 1 aromatic rings. The fourth-order valence-corrected chi connectivity index (χ4v) is 3.71. The maximum absolute atomic E-state index is 13.3. The molecule has 2 heterocycles. The van der Waals surface area contributed by atoms with Gasteiger partial charge in [-0.15, -0.1) is 0 Å². The third-order valence-electron chi connectivity index (χ3n) is 5.31. The molecular formula is C21H28FN5O3. The summed E-state index contributed by atoms with van der Waals surface area (Å²) in [6, 6.07) is 4.83. The molecule has 162 valence electrons. The van der Waals surface area contributed by atoms with Gasteiger partial charge in [0.1, 0.15) is 5.82 Å². The fraction of sp³-hybridized carbons (Fsp3) is 0.476. The molecule has 2 aliphatic heterocycles. The highest BCUT2D eigenvalue weighted by molar-refractivity contribution is 6.01. The van der Waals surface area contributed by atoms with Crippen LogP contribution in [0.25, 0.3) is 0 Å². The molecule has 8 nitrogen and oxygen atoms in total. The van der Waals surface area contributed by atoms with Crippen LogP contribution in [0, 0.1) is 5.82 Å². The van der Waals surface area contributed by atoms with E-state index in [2.05, 4.69) is 10.6 Å². The van der Waals surface area contributed by atoms with E-state index < -0.39 is 6.04 Å². The van der Waals surface area contributed by atoms with Crippen molar-refractivity contribution >= 4 is 17.8 Å². The number of benzene rings is 1. The Morgan fingerprint density at radius 1 is 1.27 bits per heavy atom. The van der Waals surface area contributed by atoms with E-state index in [4.69, 9.17) is 0 Å². The van der Waals surface area contributed by atoms with Crippen LogP contribution >= 0.6 is 0 Å². The number of hydrogen-bond donors (Lipinski definition) is 2. The first-order valence-corrected chi connectivity index (χ1v) is 10.1. The van der Waals surface area contributed by atoms with Crippen molar-refractivity contribution in [3.05, 3.63) is 46.9 Å². The average molecular weight is 417 g/mol. The Hall–Kier alpha value is -2.94. The normalized spacial score (nSPS) is 18.8. The van der Waals surface area contributed by atoms with Gasteiger partial charge in [0.25, 0.3) is 5.91 Å². The van der Waals surface area contributed by atoms with Gasteiger partial charge in [-0.1, -0.05) is 12.1 Å². The maximum Gasteiger partial charge on any atom is 0.322 e. The van der Waals surface area contributed by atoms with Crippen molar-refractivity contribution in [1.29, 1.82) is 0 Å². The summed E-state index contributed by atoms with van der Waals surface area (Å²) < 4.78 is 13.3. The third kappa shape index (κ3) is 4.62. The quantitative estimate of drug-likeness (QED) is 0.663. The van der Waals surface area contributed by atoms with Gasteiger partial charge in [0, 0.05) is 32.6 Å². The topological polar surface area (TPSA) is 85.0 Å². The van der Waals surface area contributed by atoms with E-state index in [0.717, 1.165) is 6.54 Å². The molecular weight excluding hydrogens is 389 g/mol. The van der Waals surface area contributed by atoms with Crippen molar-refractivity contribution in [2.24, 2.45) is 0 Å². The zero-order chi connectivity index (χ0) is 21.8. The van der Waals surface area contributed by atoms with Gasteiger partial charge in [0.05, 0.1) is 23.9 Å². The number of amides is 4. The van der Waals surface area contributed by atoms with Crippen LogP contribution in [0.15, 0.2) is 35.5 Å². The Morgan fingerprint density at radius 3 is 2.60 bits per heavy atom. The summed E-state index contributed by atoms with van der Waals surface area (Å²) in [5.41, 5.74) is 1.77. The molecule has 1 atom stereocenters. The second-order valence-electron chi connectivity index (χ2n) is 7.67. The third-order valence-corrected chi connectivity index (χ3v) is 5.31. The van der Waals surface area contributed by atoms with E-state index in [0.29, 0.717) is 29.9 Å². The van der Waals surface area contributed by atoms with E-state index in [1.165, 1.54) is 12.1 Å². The minimum absolute atomic E-state index is 0.119. The standard InChI is InChI=1S/C21H28FN5O3/c1-4-27-16-13-26(11-9-17(28)23-10-12-25(2)3)20(29)18(16)19(24-21(27)30)14-5-7-15(22)8-6-14/h5-8,19H,4,9-13H2,1-3H3,(H,23,28)(H,24,30). The lowest BCUT2D eigenvalue weighted by atomic mass is 9.95. The summed E-state index contributed by atoms with van der Waals surface area (Å²) in [4.78, 5) is 42.9. The molecule has 30 heavy (non-hydrogen) atoms. The van der Waals surface area contributed by atoms with Gasteiger partial charge >= 0.3 is 6.03 Å². The molecule has 0 saturated carbocycles. The molecule has 0 bridgehead atoms. The van der Waals surface area contributed by atoms with Crippen LogP contribution in [-0.4, -0.2) is 79.4 Å². The molecule has 0 fully saturated rings. The first kappa shape index (κ1) is 21.8. The second kappa shape index (κ2) is 9.25. The summed E-state index contributed by atoms with van der Waals surface area (Å²) >= 11 is 0. The van der Waals surface area contributed by atoms with E-state index in [9.17, 15) is 18.8 Å². The van der Waals surface area contributed by atoms with Crippen LogP contribution in [0.4, 0.5) is 9.18 Å². The summed E-state index contributed by atoms with van der Waals surface area (Å²) in [5.74, 6) is -0.713. The second-order valence-corrected chi connectivity index (χ2v) is 7.67. The summed E-state index contributed by atoms with van der Waals surface area (Å²) in [5, 5.41) is 5.69. The van der Waals surface area contributed by atoms with E-state index >= 15 is 0 Å².